The minimum Gasteiger partial charge on any atom is -0.410 e. The topological polar surface area (TPSA) is 30.5 Å². The van der Waals surface area contributed by atoms with E-state index in [9.17, 15) is 0 Å². The molecule has 0 atom stereocenters. The van der Waals surface area contributed by atoms with Crippen molar-refractivity contribution < 1.29 is 9.31 Å². The fourth-order valence-electron chi connectivity index (χ4n) is 2.35. The van der Waals surface area contributed by atoms with E-state index in [1.807, 2.05) is 0 Å². The molecule has 1 saturated heterocycles. The molecule has 2 rings (SSSR count). The van der Waals surface area contributed by atoms with E-state index in [1.54, 1.807) is 0 Å². The average molecular weight is 197 g/mol. The van der Waals surface area contributed by atoms with E-state index in [0.29, 0.717) is 5.82 Å². The lowest BCUT2D eigenvalue weighted by atomic mass is 9.64. The number of nitrogens with one attached hydrogen (secondary N) is 1. The molecule has 0 bridgehead atoms. The van der Waals surface area contributed by atoms with Crippen LogP contribution < -0.4 is 5.32 Å². The maximum Gasteiger partial charge on any atom is 0.460 e. The summed E-state index contributed by atoms with van der Waals surface area (Å²) in [7, 11) is 0.0809. The summed E-state index contributed by atoms with van der Waals surface area (Å²) in [6, 6.07) is 0. The molecule has 2 fully saturated rings. The van der Waals surface area contributed by atoms with Crippen LogP contribution in [0.4, 0.5) is 0 Å². The van der Waals surface area contributed by atoms with Crippen LogP contribution in [0.1, 0.15) is 32.1 Å². The molecule has 1 aliphatic carbocycles. The molecule has 0 unspecified atom stereocenters. The Bertz CT molecular complexity index is 154. The first-order chi connectivity index (χ1) is 6.97. The van der Waals surface area contributed by atoms with Gasteiger partial charge in [0.15, 0.2) is 0 Å². The van der Waals surface area contributed by atoms with Crippen molar-refractivity contribution in [3.63, 3.8) is 0 Å². The molecule has 4 heteroatoms. The van der Waals surface area contributed by atoms with Crippen LogP contribution in [0.15, 0.2) is 0 Å². The fraction of sp³-hybridized carbons (Fsp3) is 1.00. The van der Waals surface area contributed by atoms with Gasteiger partial charge in [-0.25, -0.2) is 0 Å². The smallest absolute Gasteiger partial charge is 0.410 e. The molecule has 0 aromatic rings. The number of hydrogen-bond acceptors (Lipinski definition) is 3. The first-order valence-corrected chi connectivity index (χ1v) is 5.91. The van der Waals surface area contributed by atoms with E-state index in [-0.39, 0.29) is 7.12 Å². The van der Waals surface area contributed by atoms with Gasteiger partial charge in [-0.05, 0) is 5.82 Å². The van der Waals surface area contributed by atoms with Crippen molar-refractivity contribution in [3.8, 4) is 0 Å². The van der Waals surface area contributed by atoms with Crippen LogP contribution in [-0.4, -0.2) is 33.4 Å². The van der Waals surface area contributed by atoms with Gasteiger partial charge in [0, 0.05) is 26.3 Å². The third-order valence-electron chi connectivity index (χ3n) is 3.16. The lowest BCUT2D eigenvalue weighted by molar-refractivity contribution is 0.164. The van der Waals surface area contributed by atoms with Crippen LogP contribution in [0, 0.1) is 0 Å². The Morgan fingerprint density at radius 3 is 2.21 bits per heavy atom. The van der Waals surface area contributed by atoms with Crippen LogP contribution in [0.5, 0.6) is 0 Å². The second-order valence-corrected chi connectivity index (χ2v) is 4.26. The van der Waals surface area contributed by atoms with Crippen LogP contribution >= 0.6 is 0 Å². The van der Waals surface area contributed by atoms with Gasteiger partial charge in [0.05, 0.1) is 0 Å². The molecule has 0 radical (unpaired) electrons. The minimum atomic E-state index is 0.0809. The number of rotatable bonds is 1. The maximum absolute atomic E-state index is 5.74. The Labute approximate surface area is 86.7 Å². The Kier molecular flexibility index (Phi) is 4.29. The van der Waals surface area contributed by atoms with Crippen LogP contribution in [0.2, 0.25) is 5.82 Å². The van der Waals surface area contributed by atoms with Gasteiger partial charge in [-0.3, -0.25) is 0 Å². The SMILES string of the molecule is C1CCC(B2OCCNCCO2)CC1. The molecule has 0 spiro atoms. The molecular weight excluding hydrogens is 177 g/mol. The van der Waals surface area contributed by atoms with Crippen molar-refractivity contribution in [2.75, 3.05) is 26.3 Å². The highest BCUT2D eigenvalue weighted by Crippen LogP contribution is 2.31. The van der Waals surface area contributed by atoms with Crippen LogP contribution in [0.3, 0.4) is 0 Å². The van der Waals surface area contributed by atoms with Crippen molar-refractivity contribution in [3.05, 3.63) is 0 Å². The molecule has 80 valence electrons. The van der Waals surface area contributed by atoms with Gasteiger partial charge in [0.2, 0.25) is 0 Å². The summed E-state index contributed by atoms with van der Waals surface area (Å²) >= 11 is 0. The second-order valence-electron chi connectivity index (χ2n) is 4.26. The summed E-state index contributed by atoms with van der Waals surface area (Å²) in [5, 5.41) is 3.26. The third-order valence-corrected chi connectivity index (χ3v) is 3.16. The fourth-order valence-corrected chi connectivity index (χ4v) is 2.35. The summed E-state index contributed by atoms with van der Waals surface area (Å²) < 4.78 is 11.5. The molecule has 1 N–H and O–H groups in total. The summed E-state index contributed by atoms with van der Waals surface area (Å²) in [4.78, 5) is 0. The zero-order valence-electron chi connectivity index (χ0n) is 8.84. The molecule has 1 aliphatic heterocycles. The van der Waals surface area contributed by atoms with Gasteiger partial charge >= 0.3 is 7.12 Å². The van der Waals surface area contributed by atoms with Crippen LogP contribution in [-0.2, 0) is 9.31 Å². The van der Waals surface area contributed by atoms with Gasteiger partial charge in [0.1, 0.15) is 0 Å². The lowest BCUT2D eigenvalue weighted by Crippen LogP contribution is -2.38. The molecule has 0 aromatic heterocycles. The predicted molar refractivity (Wildman–Crippen MR) is 57.4 cm³/mol. The van der Waals surface area contributed by atoms with E-state index < -0.39 is 0 Å². The van der Waals surface area contributed by atoms with Gasteiger partial charge in [0.25, 0.3) is 0 Å². The summed E-state index contributed by atoms with van der Waals surface area (Å²) in [6.45, 7) is 3.52. The standard InChI is InChI=1S/C10H20BNO2/c1-2-4-10(5-3-1)11-13-8-6-12-7-9-14-11/h10,12H,1-9H2. The highest BCUT2D eigenvalue weighted by molar-refractivity contribution is 6.46. The molecular formula is C10H20BNO2. The average Bonchev–Trinajstić information content (AvgIpc) is 2.18. The van der Waals surface area contributed by atoms with E-state index in [1.165, 1.54) is 32.1 Å². The molecule has 0 amide bonds. The van der Waals surface area contributed by atoms with Crippen molar-refractivity contribution in [1.29, 1.82) is 0 Å². The van der Waals surface area contributed by atoms with E-state index >= 15 is 0 Å². The largest absolute Gasteiger partial charge is 0.460 e. The first-order valence-electron chi connectivity index (χ1n) is 5.91. The minimum absolute atomic E-state index is 0.0809. The third kappa shape index (κ3) is 2.97. The van der Waals surface area contributed by atoms with Gasteiger partial charge < -0.3 is 14.6 Å². The van der Waals surface area contributed by atoms with Crippen molar-refractivity contribution in [2.24, 2.45) is 0 Å². The highest BCUT2D eigenvalue weighted by atomic mass is 16.6. The van der Waals surface area contributed by atoms with Crippen molar-refractivity contribution in [2.45, 2.75) is 37.9 Å². The highest BCUT2D eigenvalue weighted by Gasteiger charge is 2.31. The van der Waals surface area contributed by atoms with Crippen molar-refractivity contribution in [1.82, 2.24) is 5.32 Å². The van der Waals surface area contributed by atoms with Gasteiger partial charge in [-0.15, -0.1) is 0 Å². The Morgan fingerprint density at radius 2 is 1.57 bits per heavy atom. The Hall–Kier alpha value is -0.0551. The first kappa shape index (κ1) is 10.5. The molecule has 3 nitrogen and oxygen atoms in total. The molecule has 0 aromatic carbocycles. The van der Waals surface area contributed by atoms with E-state index in [2.05, 4.69) is 5.32 Å². The van der Waals surface area contributed by atoms with Gasteiger partial charge in [-0.2, -0.15) is 0 Å². The van der Waals surface area contributed by atoms with E-state index in [0.717, 1.165) is 26.3 Å². The second kappa shape index (κ2) is 5.74. The quantitative estimate of drug-likeness (QED) is 0.645. The van der Waals surface area contributed by atoms with Crippen molar-refractivity contribution >= 4 is 7.12 Å². The summed E-state index contributed by atoms with van der Waals surface area (Å²) in [6.07, 6.45) is 6.68. The zero-order valence-corrected chi connectivity index (χ0v) is 8.84. The summed E-state index contributed by atoms with van der Waals surface area (Å²) in [5.41, 5.74) is 0. The Morgan fingerprint density at radius 1 is 0.929 bits per heavy atom. The molecule has 14 heavy (non-hydrogen) atoms. The molecule has 1 heterocycles. The summed E-state index contributed by atoms with van der Waals surface area (Å²) in [5.74, 6) is 0.654. The maximum atomic E-state index is 5.74. The van der Waals surface area contributed by atoms with E-state index in [4.69, 9.17) is 9.31 Å². The lowest BCUT2D eigenvalue weighted by Gasteiger charge is -2.28. The Balaban J connectivity index is 1.80. The van der Waals surface area contributed by atoms with Gasteiger partial charge in [-0.1, -0.05) is 32.1 Å². The monoisotopic (exact) mass is 197 g/mol. The number of hydrogen-bond donors (Lipinski definition) is 1. The van der Waals surface area contributed by atoms with Crippen LogP contribution in [0.25, 0.3) is 0 Å². The normalized spacial score (nSPS) is 27.0. The molecule has 2 aliphatic rings. The predicted octanol–water partition coefficient (Wildman–Crippen LogP) is 1.45. The molecule has 1 saturated carbocycles. The zero-order chi connectivity index (χ0) is 9.64.